The van der Waals surface area contributed by atoms with Crippen LogP contribution in [0.25, 0.3) is 0 Å². The number of piperidine rings is 1. The molecule has 2 atom stereocenters. The van der Waals surface area contributed by atoms with Crippen LogP contribution in [0.15, 0.2) is 24.3 Å². The lowest BCUT2D eigenvalue weighted by molar-refractivity contribution is -0.142. The van der Waals surface area contributed by atoms with Gasteiger partial charge < -0.3 is 14.7 Å². The van der Waals surface area contributed by atoms with Gasteiger partial charge in [-0.3, -0.25) is 9.59 Å². The van der Waals surface area contributed by atoms with Crippen molar-refractivity contribution in [3.63, 3.8) is 0 Å². The largest absolute Gasteiger partial charge is 0.490 e. The van der Waals surface area contributed by atoms with Crippen LogP contribution >= 0.6 is 0 Å². The van der Waals surface area contributed by atoms with Gasteiger partial charge in [0.25, 0.3) is 0 Å². The van der Waals surface area contributed by atoms with Crippen LogP contribution in [-0.4, -0.2) is 41.1 Å². The summed E-state index contributed by atoms with van der Waals surface area (Å²) in [5.41, 5.74) is 1.20. The summed E-state index contributed by atoms with van der Waals surface area (Å²) in [4.78, 5) is 24.8. The maximum absolute atomic E-state index is 12.2. The van der Waals surface area contributed by atoms with Gasteiger partial charge in [-0.2, -0.15) is 0 Å². The molecule has 1 aromatic carbocycles. The standard InChI is InChI=1S/C17H21NO4/c1-11-2-4-12(5-3-11)22-13-6-8-18(9-7-13)16(19)14-10-15(14)17(20)21/h2-5,13-15H,6-10H2,1H3,(H,20,21). The summed E-state index contributed by atoms with van der Waals surface area (Å²) >= 11 is 0. The summed E-state index contributed by atoms with van der Waals surface area (Å²) in [6.07, 6.45) is 2.21. The fourth-order valence-electron chi connectivity index (χ4n) is 2.98. The number of likely N-dealkylation sites (tertiary alicyclic amines) is 1. The molecule has 1 aliphatic heterocycles. The summed E-state index contributed by atoms with van der Waals surface area (Å²) < 4.78 is 5.94. The van der Waals surface area contributed by atoms with Gasteiger partial charge in [-0.15, -0.1) is 0 Å². The van der Waals surface area contributed by atoms with E-state index in [1.165, 1.54) is 5.56 Å². The van der Waals surface area contributed by atoms with Crippen molar-refractivity contribution < 1.29 is 19.4 Å². The molecular formula is C17H21NO4. The highest BCUT2D eigenvalue weighted by atomic mass is 16.5. The first-order valence-electron chi connectivity index (χ1n) is 7.79. The molecule has 22 heavy (non-hydrogen) atoms. The molecule has 1 N–H and O–H groups in total. The molecule has 1 saturated heterocycles. The molecule has 2 fully saturated rings. The third-order valence-electron chi connectivity index (χ3n) is 4.50. The van der Waals surface area contributed by atoms with Crippen molar-refractivity contribution in [3.05, 3.63) is 29.8 Å². The molecule has 2 unspecified atom stereocenters. The lowest BCUT2D eigenvalue weighted by Gasteiger charge is -2.32. The van der Waals surface area contributed by atoms with Crippen LogP contribution in [0.3, 0.4) is 0 Å². The van der Waals surface area contributed by atoms with Crippen molar-refractivity contribution in [1.29, 1.82) is 0 Å². The maximum Gasteiger partial charge on any atom is 0.307 e. The molecule has 1 aliphatic carbocycles. The van der Waals surface area contributed by atoms with Gasteiger partial charge in [-0.05, 0) is 25.5 Å². The van der Waals surface area contributed by atoms with Crippen molar-refractivity contribution in [3.8, 4) is 5.75 Å². The summed E-state index contributed by atoms with van der Waals surface area (Å²) in [7, 11) is 0. The molecule has 1 heterocycles. The topological polar surface area (TPSA) is 66.8 Å². The number of hydrogen-bond acceptors (Lipinski definition) is 3. The number of carboxylic acid groups (broad SMARTS) is 1. The minimum absolute atomic E-state index is 0.00110. The number of ether oxygens (including phenoxy) is 1. The number of carbonyl (C=O) groups is 2. The van der Waals surface area contributed by atoms with E-state index in [0.717, 1.165) is 18.6 Å². The fraction of sp³-hybridized carbons (Fsp3) is 0.529. The molecule has 5 nitrogen and oxygen atoms in total. The Kier molecular flexibility index (Phi) is 4.05. The summed E-state index contributed by atoms with van der Waals surface area (Å²) in [6, 6.07) is 7.98. The molecule has 1 aromatic rings. The lowest BCUT2D eigenvalue weighted by atomic mass is 10.1. The van der Waals surface area contributed by atoms with E-state index in [2.05, 4.69) is 0 Å². The Morgan fingerprint density at radius 3 is 2.32 bits per heavy atom. The Labute approximate surface area is 129 Å². The number of aliphatic carboxylic acids is 1. The van der Waals surface area contributed by atoms with E-state index in [0.29, 0.717) is 19.5 Å². The minimum atomic E-state index is -0.851. The van der Waals surface area contributed by atoms with Gasteiger partial charge in [0.05, 0.1) is 11.8 Å². The molecule has 2 aliphatic rings. The van der Waals surface area contributed by atoms with Gasteiger partial charge >= 0.3 is 5.97 Å². The molecule has 0 radical (unpaired) electrons. The van der Waals surface area contributed by atoms with Crippen LogP contribution < -0.4 is 4.74 Å². The predicted molar refractivity (Wildman–Crippen MR) is 80.6 cm³/mol. The first-order valence-corrected chi connectivity index (χ1v) is 7.79. The molecule has 0 bridgehead atoms. The Balaban J connectivity index is 1.47. The third-order valence-corrected chi connectivity index (χ3v) is 4.50. The Hall–Kier alpha value is -2.04. The van der Waals surface area contributed by atoms with Gasteiger partial charge in [0.1, 0.15) is 11.9 Å². The number of carboxylic acids is 1. The molecule has 3 rings (SSSR count). The second-order valence-corrected chi connectivity index (χ2v) is 6.24. The molecule has 0 spiro atoms. The SMILES string of the molecule is Cc1ccc(OC2CCN(C(=O)C3CC3C(=O)O)CC2)cc1. The van der Waals surface area contributed by atoms with Crippen molar-refractivity contribution in [2.45, 2.75) is 32.3 Å². The van der Waals surface area contributed by atoms with E-state index in [4.69, 9.17) is 9.84 Å². The van der Waals surface area contributed by atoms with Crippen molar-refractivity contribution in [1.82, 2.24) is 4.90 Å². The maximum atomic E-state index is 12.2. The number of carbonyl (C=O) groups excluding carboxylic acids is 1. The average Bonchev–Trinajstić information content (AvgIpc) is 3.30. The zero-order chi connectivity index (χ0) is 15.7. The minimum Gasteiger partial charge on any atom is -0.490 e. The second-order valence-electron chi connectivity index (χ2n) is 6.24. The monoisotopic (exact) mass is 303 g/mol. The van der Waals surface area contributed by atoms with E-state index in [-0.39, 0.29) is 17.9 Å². The smallest absolute Gasteiger partial charge is 0.307 e. The number of rotatable bonds is 4. The summed E-state index contributed by atoms with van der Waals surface area (Å²) in [6.45, 7) is 3.34. The first-order chi connectivity index (χ1) is 10.5. The molecule has 0 aromatic heterocycles. The number of benzene rings is 1. The van der Waals surface area contributed by atoms with Gasteiger partial charge in [0.2, 0.25) is 5.91 Å². The van der Waals surface area contributed by atoms with E-state index in [1.807, 2.05) is 31.2 Å². The Bertz CT molecular complexity index is 561. The highest BCUT2D eigenvalue weighted by Crippen LogP contribution is 2.40. The third kappa shape index (κ3) is 3.24. The Morgan fingerprint density at radius 2 is 1.77 bits per heavy atom. The molecule has 118 valence electrons. The zero-order valence-electron chi connectivity index (χ0n) is 12.7. The van der Waals surface area contributed by atoms with Crippen molar-refractivity contribution >= 4 is 11.9 Å². The van der Waals surface area contributed by atoms with E-state index in [1.54, 1.807) is 4.90 Å². The van der Waals surface area contributed by atoms with Crippen LogP contribution in [0.5, 0.6) is 5.75 Å². The van der Waals surface area contributed by atoms with Crippen LogP contribution in [0.4, 0.5) is 0 Å². The quantitative estimate of drug-likeness (QED) is 0.925. The number of nitrogens with zero attached hydrogens (tertiary/aromatic N) is 1. The zero-order valence-corrected chi connectivity index (χ0v) is 12.7. The normalized spacial score (nSPS) is 24.9. The van der Waals surface area contributed by atoms with Crippen LogP contribution in [0, 0.1) is 18.8 Å². The summed E-state index contributed by atoms with van der Waals surface area (Å²) in [5, 5.41) is 8.91. The van der Waals surface area contributed by atoms with E-state index >= 15 is 0 Å². The number of hydrogen-bond donors (Lipinski definition) is 1. The first kappa shape index (κ1) is 14.9. The molecular weight excluding hydrogens is 282 g/mol. The van der Waals surface area contributed by atoms with Crippen LogP contribution in [0.1, 0.15) is 24.8 Å². The molecule has 1 amide bonds. The summed E-state index contributed by atoms with van der Waals surface area (Å²) in [5.74, 6) is -0.748. The number of amides is 1. The van der Waals surface area contributed by atoms with Gasteiger partial charge in [-0.1, -0.05) is 17.7 Å². The predicted octanol–water partition coefficient (Wildman–Crippen LogP) is 2.09. The number of aryl methyl sites for hydroxylation is 1. The van der Waals surface area contributed by atoms with Gasteiger partial charge in [0.15, 0.2) is 0 Å². The second kappa shape index (κ2) is 5.99. The fourth-order valence-corrected chi connectivity index (χ4v) is 2.98. The highest BCUT2D eigenvalue weighted by molar-refractivity contribution is 5.89. The van der Waals surface area contributed by atoms with Gasteiger partial charge in [0, 0.05) is 25.9 Å². The molecule has 5 heteroatoms. The molecule has 1 saturated carbocycles. The van der Waals surface area contributed by atoms with E-state index in [9.17, 15) is 9.59 Å². The van der Waals surface area contributed by atoms with Crippen LogP contribution in [-0.2, 0) is 9.59 Å². The van der Waals surface area contributed by atoms with E-state index < -0.39 is 11.9 Å². The average molecular weight is 303 g/mol. The van der Waals surface area contributed by atoms with Crippen molar-refractivity contribution in [2.24, 2.45) is 11.8 Å². The lowest BCUT2D eigenvalue weighted by Crippen LogP contribution is -2.42. The Morgan fingerprint density at radius 1 is 1.14 bits per heavy atom. The van der Waals surface area contributed by atoms with Crippen LogP contribution in [0.2, 0.25) is 0 Å². The highest BCUT2D eigenvalue weighted by Gasteiger charge is 2.50. The van der Waals surface area contributed by atoms with Crippen molar-refractivity contribution in [2.75, 3.05) is 13.1 Å². The van der Waals surface area contributed by atoms with Gasteiger partial charge in [-0.25, -0.2) is 0 Å².